The van der Waals surface area contributed by atoms with Crippen LogP contribution < -0.4 is 0 Å². The molecule has 1 aliphatic heterocycles. The molecule has 0 saturated carbocycles. The van der Waals surface area contributed by atoms with Crippen LogP contribution in [0.5, 0.6) is 0 Å². The molecule has 0 aliphatic carbocycles. The van der Waals surface area contributed by atoms with E-state index in [9.17, 15) is 18.0 Å². The number of hydrogen-bond acceptors (Lipinski definition) is 2. The predicted molar refractivity (Wildman–Crippen MR) is 87.5 cm³/mol. The van der Waals surface area contributed by atoms with Gasteiger partial charge in [-0.2, -0.15) is 13.2 Å². The van der Waals surface area contributed by atoms with E-state index in [4.69, 9.17) is 5.41 Å². The van der Waals surface area contributed by atoms with Crippen molar-refractivity contribution in [2.45, 2.75) is 45.7 Å². The third-order valence-electron chi connectivity index (χ3n) is 4.25. The summed E-state index contributed by atoms with van der Waals surface area (Å²) in [5.74, 6) is -1.91. The Labute approximate surface area is 140 Å². The summed E-state index contributed by atoms with van der Waals surface area (Å²) < 4.78 is 38.6. The smallest absolute Gasteiger partial charge is 0.334 e. The van der Waals surface area contributed by atoms with Crippen LogP contribution in [0.4, 0.5) is 13.2 Å². The standard InChI is InChI=1S/C18H23F3N2O/c1-17(2,3)9-14-11-23(16(24)18(19,20)21)7-6-13-8-12(10-22)4-5-15(13)14/h4-5,8,10,14,22H,6-7,9,11H2,1-3H3. The number of carbonyl (C=O) groups excluding carboxylic acids is 1. The van der Waals surface area contributed by atoms with E-state index >= 15 is 0 Å². The van der Waals surface area contributed by atoms with Crippen molar-refractivity contribution in [3.63, 3.8) is 0 Å². The SMILES string of the molecule is CC(C)(C)CC1CN(C(=O)C(F)(F)F)CCc2cc(C=N)ccc21. The highest BCUT2D eigenvalue weighted by Crippen LogP contribution is 2.36. The zero-order chi connectivity index (χ0) is 18.1. The highest BCUT2D eigenvalue weighted by atomic mass is 19.4. The molecule has 0 radical (unpaired) electrons. The number of nitrogens with zero attached hydrogens (tertiary/aromatic N) is 1. The molecule has 0 spiro atoms. The van der Waals surface area contributed by atoms with Gasteiger partial charge in [0.25, 0.3) is 0 Å². The molecule has 132 valence electrons. The van der Waals surface area contributed by atoms with Crippen molar-refractivity contribution in [2.75, 3.05) is 13.1 Å². The third-order valence-corrected chi connectivity index (χ3v) is 4.25. The lowest BCUT2D eigenvalue weighted by Crippen LogP contribution is -2.43. The Balaban J connectivity index is 2.39. The van der Waals surface area contributed by atoms with Crippen molar-refractivity contribution in [1.82, 2.24) is 4.90 Å². The average molecular weight is 340 g/mol. The molecule has 1 heterocycles. The van der Waals surface area contributed by atoms with Gasteiger partial charge in [-0.15, -0.1) is 0 Å². The minimum absolute atomic E-state index is 0.0490. The van der Waals surface area contributed by atoms with Crippen molar-refractivity contribution in [1.29, 1.82) is 5.41 Å². The zero-order valence-corrected chi connectivity index (χ0v) is 14.2. The van der Waals surface area contributed by atoms with Crippen LogP contribution in [0.15, 0.2) is 18.2 Å². The molecule has 1 aromatic rings. The van der Waals surface area contributed by atoms with Gasteiger partial charge in [0.15, 0.2) is 0 Å². The second-order valence-electron chi connectivity index (χ2n) is 7.56. The van der Waals surface area contributed by atoms with E-state index in [0.717, 1.165) is 21.6 Å². The van der Waals surface area contributed by atoms with Gasteiger partial charge < -0.3 is 10.3 Å². The number of nitrogens with one attached hydrogen (secondary N) is 1. The summed E-state index contributed by atoms with van der Waals surface area (Å²) in [5.41, 5.74) is 2.58. The van der Waals surface area contributed by atoms with Crippen LogP contribution in [-0.2, 0) is 11.2 Å². The molecule has 3 nitrogen and oxygen atoms in total. The number of alkyl halides is 3. The van der Waals surface area contributed by atoms with Gasteiger partial charge >= 0.3 is 12.1 Å². The molecular weight excluding hydrogens is 317 g/mol. The van der Waals surface area contributed by atoms with E-state index in [-0.39, 0.29) is 24.4 Å². The molecule has 24 heavy (non-hydrogen) atoms. The Hall–Kier alpha value is -1.85. The minimum atomic E-state index is -4.84. The number of amides is 1. The van der Waals surface area contributed by atoms with Gasteiger partial charge in [-0.1, -0.05) is 32.9 Å². The molecule has 1 atom stereocenters. The summed E-state index contributed by atoms with van der Waals surface area (Å²) >= 11 is 0. The summed E-state index contributed by atoms with van der Waals surface area (Å²) in [7, 11) is 0. The number of rotatable bonds is 2. The average Bonchev–Trinajstić information content (AvgIpc) is 2.63. The highest BCUT2D eigenvalue weighted by Gasteiger charge is 2.43. The van der Waals surface area contributed by atoms with Crippen LogP contribution in [0.1, 0.15) is 49.8 Å². The van der Waals surface area contributed by atoms with Crippen molar-refractivity contribution < 1.29 is 18.0 Å². The van der Waals surface area contributed by atoms with Crippen LogP contribution >= 0.6 is 0 Å². The van der Waals surface area contributed by atoms with Gasteiger partial charge in [0.2, 0.25) is 0 Å². The molecular formula is C18H23F3N2O. The normalized spacial score (nSPS) is 18.8. The molecule has 1 N–H and O–H groups in total. The Bertz CT molecular complexity index is 632. The van der Waals surface area contributed by atoms with E-state index in [1.807, 2.05) is 39.0 Å². The van der Waals surface area contributed by atoms with E-state index in [0.29, 0.717) is 12.8 Å². The second-order valence-corrected chi connectivity index (χ2v) is 7.56. The van der Waals surface area contributed by atoms with E-state index < -0.39 is 12.1 Å². The van der Waals surface area contributed by atoms with Gasteiger partial charge in [-0.3, -0.25) is 4.79 Å². The number of benzene rings is 1. The van der Waals surface area contributed by atoms with Gasteiger partial charge in [0.05, 0.1) is 0 Å². The number of fused-ring (bicyclic) bond motifs is 1. The predicted octanol–water partition coefficient (Wildman–Crippen LogP) is 4.15. The quantitative estimate of drug-likeness (QED) is 0.808. The lowest BCUT2D eigenvalue weighted by Gasteiger charge is -2.30. The van der Waals surface area contributed by atoms with Crippen LogP contribution in [0.3, 0.4) is 0 Å². The molecule has 6 heteroatoms. The molecule has 1 amide bonds. The first-order chi connectivity index (χ1) is 11.0. The van der Waals surface area contributed by atoms with Crippen molar-refractivity contribution in [3.05, 3.63) is 34.9 Å². The Morgan fingerprint density at radius 1 is 1.33 bits per heavy atom. The maximum absolute atomic E-state index is 12.9. The lowest BCUT2D eigenvalue weighted by molar-refractivity contribution is -0.185. The largest absolute Gasteiger partial charge is 0.471 e. The topological polar surface area (TPSA) is 44.2 Å². The Morgan fingerprint density at radius 2 is 2.00 bits per heavy atom. The fraction of sp³-hybridized carbons (Fsp3) is 0.556. The fourth-order valence-electron chi connectivity index (χ4n) is 3.32. The van der Waals surface area contributed by atoms with E-state index in [1.165, 1.54) is 6.21 Å². The van der Waals surface area contributed by atoms with Gasteiger partial charge in [-0.25, -0.2) is 0 Å². The molecule has 0 fully saturated rings. The number of carbonyl (C=O) groups is 1. The van der Waals surface area contributed by atoms with Crippen molar-refractivity contribution >= 4 is 12.1 Å². The molecule has 1 unspecified atom stereocenters. The van der Waals surface area contributed by atoms with Gasteiger partial charge in [0.1, 0.15) is 0 Å². The Kier molecular flexibility index (Phi) is 5.06. The van der Waals surface area contributed by atoms with Gasteiger partial charge in [0, 0.05) is 25.2 Å². The maximum Gasteiger partial charge on any atom is 0.471 e. The summed E-state index contributed by atoms with van der Waals surface area (Å²) in [6.07, 6.45) is -2.56. The van der Waals surface area contributed by atoms with Gasteiger partial charge in [-0.05, 0) is 41.0 Å². The first-order valence-electron chi connectivity index (χ1n) is 8.00. The highest BCUT2D eigenvalue weighted by molar-refractivity contribution is 5.82. The number of halogens is 3. The second kappa shape index (κ2) is 6.57. The molecule has 1 aliphatic rings. The van der Waals surface area contributed by atoms with Crippen molar-refractivity contribution in [2.24, 2.45) is 5.41 Å². The third kappa shape index (κ3) is 4.36. The van der Waals surface area contributed by atoms with Crippen molar-refractivity contribution in [3.8, 4) is 0 Å². The first kappa shape index (κ1) is 18.5. The van der Waals surface area contributed by atoms with E-state index in [1.54, 1.807) is 0 Å². The maximum atomic E-state index is 12.9. The first-order valence-corrected chi connectivity index (χ1v) is 8.00. The summed E-state index contributed by atoms with van der Waals surface area (Å²) in [6, 6.07) is 5.55. The van der Waals surface area contributed by atoms with Crippen LogP contribution in [0.2, 0.25) is 0 Å². The minimum Gasteiger partial charge on any atom is -0.334 e. The summed E-state index contributed by atoms with van der Waals surface area (Å²) in [6.45, 7) is 6.25. The van der Waals surface area contributed by atoms with Crippen LogP contribution in [0.25, 0.3) is 0 Å². The van der Waals surface area contributed by atoms with Crippen LogP contribution in [0, 0.1) is 10.8 Å². The molecule has 1 aromatic carbocycles. The Morgan fingerprint density at radius 3 is 2.54 bits per heavy atom. The fourth-order valence-corrected chi connectivity index (χ4v) is 3.32. The summed E-state index contributed by atoms with van der Waals surface area (Å²) in [5, 5.41) is 7.36. The molecule has 0 saturated heterocycles. The molecule has 2 rings (SSSR count). The molecule has 0 bridgehead atoms. The number of hydrogen-bond donors (Lipinski definition) is 1. The molecule has 0 aromatic heterocycles. The zero-order valence-electron chi connectivity index (χ0n) is 14.2. The van der Waals surface area contributed by atoms with Crippen LogP contribution in [-0.4, -0.2) is 36.3 Å². The lowest BCUT2D eigenvalue weighted by atomic mass is 9.80. The monoisotopic (exact) mass is 340 g/mol. The summed E-state index contributed by atoms with van der Waals surface area (Å²) in [4.78, 5) is 12.7. The van der Waals surface area contributed by atoms with E-state index in [2.05, 4.69) is 0 Å².